The lowest BCUT2D eigenvalue weighted by Crippen LogP contribution is -2.46. The second kappa shape index (κ2) is 8.59. The maximum absolute atomic E-state index is 12.2. The van der Waals surface area contributed by atoms with Gasteiger partial charge in [0.05, 0.1) is 18.8 Å². The lowest BCUT2D eigenvalue weighted by atomic mass is 10.1. The summed E-state index contributed by atoms with van der Waals surface area (Å²) in [4.78, 5) is 11.3. The van der Waals surface area contributed by atoms with Gasteiger partial charge in [-0.05, 0) is 26.3 Å². The maximum atomic E-state index is 12.2. The highest BCUT2D eigenvalue weighted by Crippen LogP contribution is 2.12. The third-order valence-electron chi connectivity index (χ3n) is 3.45. The van der Waals surface area contributed by atoms with Gasteiger partial charge in [0.2, 0.25) is 10.0 Å². The Morgan fingerprint density at radius 1 is 1.35 bits per heavy atom. The van der Waals surface area contributed by atoms with E-state index in [1.54, 1.807) is 6.92 Å². The highest BCUT2D eigenvalue weighted by Gasteiger charge is 2.25. The fourth-order valence-electron chi connectivity index (χ4n) is 2.34. The van der Waals surface area contributed by atoms with E-state index < -0.39 is 16.0 Å². The van der Waals surface area contributed by atoms with Crippen molar-refractivity contribution >= 4 is 16.0 Å². The van der Waals surface area contributed by atoms with E-state index in [-0.39, 0.29) is 24.8 Å². The highest BCUT2D eigenvalue weighted by atomic mass is 32.2. The first kappa shape index (κ1) is 17.4. The molecule has 118 valence electrons. The van der Waals surface area contributed by atoms with E-state index in [1.165, 1.54) is 4.31 Å². The molecule has 1 aliphatic rings. The van der Waals surface area contributed by atoms with Crippen molar-refractivity contribution in [3.8, 4) is 0 Å². The molecule has 0 aromatic carbocycles. The topological polar surface area (TPSA) is 75.7 Å². The molecule has 0 spiro atoms. The molecule has 1 fully saturated rings. The molecule has 1 atom stereocenters. The van der Waals surface area contributed by atoms with Gasteiger partial charge in [-0.25, -0.2) is 12.7 Å². The molecule has 20 heavy (non-hydrogen) atoms. The summed E-state index contributed by atoms with van der Waals surface area (Å²) in [5, 5.41) is 3.34. The fourth-order valence-corrected chi connectivity index (χ4v) is 3.82. The molecule has 1 rings (SSSR count). The Morgan fingerprint density at radius 3 is 2.65 bits per heavy atom. The summed E-state index contributed by atoms with van der Waals surface area (Å²) in [6.07, 6.45) is 3.21. The summed E-state index contributed by atoms with van der Waals surface area (Å²) >= 11 is 0. The quantitative estimate of drug-likeness (QED) is 0.669. The summed E-state index contributed by atoms with van der Waals surface area (Å²) in [7, 11) is -3.39. The van der Waals surface area contributed by atoms with E-state index >= 15 is 0 Å². The smallest absolute Gasteiger partial charge is 0.306 e. The summed E-state index contributed by atoms with van der Waals surface area (Å²) in [6, 6.07) is 0.223. The summed E-state index contributed by atoms with van der Waals surface area (Å²) in [5.41, 5.74) is 0. The van der Waals surface area contributed by atoms with Crippen LogP contribution in [0.25, 0.3) is 0 Å². The predicted molar refractivity (Wildman–Crippen MR) is 77.9 cm³/mol. The molecular formula is C13H26N2O4S. The SMILES string of the molecule is CCOC(=O)CCS(=O)(=O)N(CC)CC1CCCCN1. The average molecular weight is 306 g/mol. The van der Waals surface area contributed by atoms with Crippen LogP contribution >= 0.6 is 0 Å². The summed E-state index contributed by atoms with van der Waals surface area (Å²) in [6.45, 7) is 5.68. The van der Waals surface area contributed by atoms with Crippen LogP contribution in [0.3, 0.4) is 0 Å². The van der Waals surface area contributed by atoms with E-state index in [0.29, 0.717) is 13.1 Å². The minimum atomic E-state index is -3.39. The van der Waals surface area contributed by atoms with Crippen molar-refractivity contribution in [3.63, 3.8) is 0 Å². The van der Waals surface area contributed by atoms with Crippen molar-refractivity contribution in [3.05, 3.63) is 0 Å². The van der Waals surface area contributed by atoms with Crippen molar-refractivity contribution in [2.75, 3.05) is 32.0 Å². The van der Waals surface area contributed by atoms with Crippen LogP contribution in [0.1, 0.15) is 39.5 Å². The van der Waals surface area contributed by atoms with E-state index in [9.17, 15) is 13.2 Å². The Balaban J connectivity index is 2.50. The van der Waals surface area contributed by atoms with E-state index in [0.717, 1.165) is 25.8 Å². The Labute approximate surface area is 121 Å². The largest absolute Gasteiger partial charge is 0.466 e. The highest BCUT2D eigenvalue weighted by molar-refractivity contribution is 7.89. The standard InChI is InChI=1S/C13H26N2O4S/c1-3-15(11-12-7-5-6-9-14-12)20(17,18)10-8-13(16)19-4-2/h12,14H,3-11H2,1-2H3. The number of hydrogen-bond acceptors (Lipinski definition) is 5. The molecule has 0 amide bonds. The van der Waals surface area contributed by atoms with Gasteiger partial charge in [-0.2, -0.15) is 0 Å². The molecule has 1 aliphatic heterocycles. The van der Waals surface area contributed by atoms with Crippen LogP contribution in [0.2, 0.25) is 0 Å². The number of carbonyl (C=O) groups excluding carboxylic acids is 1. The first-order chi connectivity index (χ1) is 9.49. The second-order valence-corrected chi connectivity index (χ2v) is 7.06. The fraction of sp³-hybridized carbons (Fsp3) is 0.923. The maximum Gasteiger partial charge on any atom is 0.306 e. The zero-order valence-corrected chi connectivity index (χ0v) is 13.2. The Bertz CT molecular complexity index is 391. The van der Waals surface area contributed by atoms with E-state index in [2.05, 4.69) is 5.32 Å². The zero-order valence-electron chi connectivity index (χ0n) is 12.4. The van der Waals surface area contributed by atoms with Crippen molar-refractivity contribution in [1.82, 2.24) is 9.62 Å². The Morgan fingerprint density at radius 2 is 2.10 bits per heavy atom. The number of esters is 1. The van der Waals surface area contributed by atoms with Crippen molar-refractivity contribution in [2.45, 2.75) is 45.6 Å². The van der Waals surface area contributed by atoms with Gasteiger partial charge in [-0.1, -0.05) is 13.3 Å². The molecule has 0 aromatic rings. The second-order valence-electron chi connectivity index (χ2n) is 4.97. The number of nitrogens with one attached hydrogen (secondary N) is 1. The number of carbonyl (C=O) groups is 1. The number of hydrogen-bond donors (Lipinski definition) is 1. The molecular weight excluding hydrogens is 280 g/mol. The van der Waals surface area contributed by atoms with Crippen LogP contribution in [0.4, 0.5) is 0 Å². The third kappa shape index (κ3) is 5.76. The molecule has 0 radical (unpaired) electrons. The van der Waals surface area contributed by atoms with Gasteiger partial charge in [0, 0.05) is 19.1 Å². The Hall–Kier alpha value is -0.660. The molecule has 0 bridgehead atoms. The molecule has 0 saturated carbocycles. The average Bonchev–Trinajstić information content (AvgIpc) is 2.44. The molecule has 7 heteroatoms. The van der Waals surface area contributed by atoms with Crippen LogP contribution in [-0.4, -0.2) is 56.7 Å². The third-order valence-corrected chi connectivity index (χ3v) is 5.37. The van der Waals surface area contributed by atoms with Gasteiger partial charge in [-0.3, -0.25) is 4.79 Å². The number of piperidine rings is 1. The molecule has 1 unspecified atom stereocenters. The summed E-state index contributed by atoms with van der Waals surface area (Å²) < 4.78 is 30.7. The van der Waals surface area contributed by atoms with Gasteiger partial charge in [0.1, 0.15) is 0 Å². The number of likely N-dealkylation sites (N-methyl/N-ethyl adjacent to an activating group) is 1. The molecule has 1 saturated heterocycles. The number of sulfonamides is 1. The molecule has 1 N–H and O–H groups in total. The van der Waals surface area contributed by atoms with Crippen LogP contribution in [-0.2, 0) is 19.6 Å². The minimum absolute atomic E-state index is 0.0786. The lowest BCUT2D eigenvalue weighted by Gasteiger charge is -2.29. The first-order valence-electron chi connectivity index (χ1n) is 7.36. The van der Waals surface area contributed by atoms with Crippen LogP contribution in [0.5, 0.6) is 0 Å². The van der Waals surface area contributed by atoms with Gasteiger partial charge < -0.3 is 10.1 Å². The zero-order chi connectivity index (χ0) is 15.0. The van der Waals surface area contributed by atoms with E-state index in [4.69, 9.17) is 4.74 Å². The molecule has 0 aliphatic carbocycles. The van der Waals surface area contributed by atoms with Crippen molar-refractivity contribution in [2.24, 2.45) is 0 Å². The van der Waals surface area contributed by atoms with Gasteiger partial charge in [-0.15, -0.1) is 0 Å². The first-order valence-corrected chi connectivity index (χ1v) is 8.97. The number of ether oxygens (including phenoxy) is 1. The normalized spacial score (nSPS) is 20.1. The molecule has 6 nitrogen and oxygen atoms in total. The van der Waals surface area contributed by atoms with Gasteiger partial charge >= 0.3 is 5.97 Å². The van der Waals surface area contributed by atoms with Crippen molar-refractivity contribution < 1.29 is 17.9 Å². The summed E-state index contributed by atoms with van der Waals surface area (Å²) in [5.74, 6) is -0.630. The minimum Gasteiger partial charge on any atom is -0.466 e. The number of nitrogens with zero attached hydrogens (tertiary/aromatic N) is 1. The molecule has 1 heterocycles. The van der Waals surface area contributed by atoms with E-state index in [1.807, 2.05) is 6.92 Å². The molecule has 0 aromatic heterocycles. The lowest BCUT2D eigenvalue weighted by molar-refractivity contribution is -0.142. The van der Waals surface area contributed by atoms with Crippen molar-refractivity contribution in [1.29, 1.82) is 0 Å². The van der Waals surface area contributed by atoms with Crippen LogP contribution in [0, 0.1) is 0 Å². The van der Waals surface area contributed by atoms with Crippen LogP contribution in [0.15, 0.2) is 0 Å². The Kier molecular flexibility index (Phi) is 7.47. The van der Waals surface area contributed by atoms with Crippen LogP contribution < -0.4 is 5.32 Å². The van der Waals surface area contributed by atoms with Gasteiger partial charge in [0.25, 0.3) is 0 Å². The van der Waals surface area contributed by atoms with Gasteiger partial charge in [0.15, 0.2) is 0 Å². The predicted octanol–water partition coefficient (Wildman–Crippen LogP) is 0.733. The monoisotopic (exact) mass is 306 g/mol. The number of rotatable bonds is 8.